The largest absolute Gasteiger partial charge is 0.502 e. The number of phenolic OH excluding ortho intramolecular Hbond substituents is 2. The Morgan fingerprint density at radius 3 is 1.61 bits per heavy atom. The van der Waals surface area contributed by atoms with E-state index in [0.717, 1.165) is 36.7 Å². The number of carbonyl (C=O) groups excluding carboxylic acids is 1. The number of phenols is 2. The number of benzene rings is 2. The fraction of sp³-hybridized carbons (Fsp3) is 0. The molecule has 144 valence electrons. The summed E-state index contributed by atoms with van der Waals surface area (Å²) in [7, 11) is 0. The highest BCUT2D eigenvalue weighted by Crippen LogP contribution is 2.26. The van der Waals surface area contributed by atoms with Gasteiger partial charge in [-0.25, -0.2) is 15.6 Å². The number of aromatic hydroxyl groups is 2. The topological polar surface area (TPSA) is 193 Å². The Balaban J connectivity index is 1.93. The van der Waals surface area contributed by atoms with E-state index in [1.165, 1.54) is 12.1 Å². The van der Waals surface area contributed by atoms with Crippen molar-refractivity contribution in [3.05, 3.63) is 67.8 Å². The van der Waals surface area contributed by atoms with Gasteiger partial charge in [-0.15, -0.1) is 0 Å². The van der Waals surface area contributed by atoms with Gasteiger partial charge in [-0.3, -0.25) is 20.2 Å². The number of hydrogen-bond donors (Lipinski definition) is 4. The highest BCUT2D eigenvalue weighted by Gasteiger charge is 2.13. The van der Waals surface area contributed by atoms with Crippen LogP contribution in [0.5, 0.6) is 11.5 Å². The zero-order valence-electron chi connectivity index (χ0n) is 13.8. The third-order valence-corrected chi connectivity index (χ3v) is 3.15. The molecule has 0 aliphatic rings. The number of nitro groups is 2. The molecule has 4 N–H and O–H groups in total. The van der Waals surface area contributed by atoms with Gasteiger partial charge in [0.2, 0.25) is 0 Å². The molecule has 0 unspecified atom stereocenters. The summed E-state index contributed by atoms with van der Waals surface area (Å²) in [5.74, 6) is -1.01. The fourth-order valence-corrected chi connectivity index (χ4v) is 1.89. The number of nitrogens with zero attached hydrogens (tertiary/aromatic N) is 4. The summed E-state index contributed by atoms with van der Waals surface area (Å²) in [5, 5.41) is 47.2. The van der Waals surface area contributed by atoms with E-state index in [1.54, 1.807) is 0 Å². The van der Waals surface area contributed by atoms with Crippen LogP contribution in [0, 0.1) is 20.2 Å². The zero-order valence-corrected chi connectivity index (χ0v) is 13.8. The number of carbonyl (C=O) groups is 1. The van der Waals surface area contributed by atoms with E-state index in [1.807, 2.05) is 10.9 Å². The van der Waals surface area contributed by atoms with Crippen LogP contribution in [0.2, 0.25) is 0 Å². The highest BCUT2D eigenvalue weighted by atomic mass is 16.6. The first-order valence-corrected chi connectivity index (χ1v) is 7.35. The molecule has 0 saturated heterocycles. The molecule has 2 aromatic carbocycles. The first kappa shape index (κ1) is 19.8. The van der Waals surface area contributed by atoms with Crippen molar-refractivity contribution in [2.75, 3.05) is 0 Å². The SMILES string of the molecule is O=C(NN=Cc1ccc(O)c([N+](=O)[O-])c1)NN=Cc1ccc(O)c([N+](=O)[O-])c1. The van der Waals surface area contributed by atoms with Crippen LogP contribution in [0.25, 0.3) is 0 Å². The molecule has 0 aromatic heterocycles. The number of hydrazone groups is 2. The van der Waals surface area contributed by atoms with Crippen LogP contribution in [0.3, 0.4) is 0 Å². The van der Waals surface area contributed by atoms with Crippen LogP contribution >= 0.6 is 0 Å². The third-order valence-electron chi connectivity index (χ3n) is 3.15. The minimum atomic E-state index is -0.853. The predicted octanol–water partition coefficient (Wildman–Crippen LogP) is 1.58. The monoisotopic (exact) mass is 388 g/mol. The second-order valence-corrected chi connectivity index (χ2v) is 5.08. The van der Waals surface area contributed by atoms with Gasteiger partial charge in [0.15, 0.2) is 11.5 Å². The average Bonchev–Trinajstić information content (AvgIpc) is 2.64. The summed E-state index contributed by atoms with van der Waals surface area (Å²) in [6, 6.07) is 6.20. The Morgan fingerprint density at radius 2 is 1.25 bits per heavy atom. The number of rotatable bonds is 6. The first-order chi connectivity index (χ1) is 13.3. The zero-order chi connectivity index (χ0) is 20.7. The molecule has 0 radical (unpaired) electrons. The van der Waals surface area contributed by atoms with Gasteiger partial charge in [-0.05, 0) is 24.3 Å². The smallest absolute Gasteiger partial charge is 0.355 e. The van der Waals surface area contributed by atoms with Gasteiger partial charge in [0.05, 0.1) is 22.3 Å². The van der Waals surface area contributed by atoms with Crippen molar-refractivity contribution in [2.24, 2.45) is 10.2 Å². The van der Waals surface area contributed by atoms with Crippen LogP contribution in [0.1, 0.15) is 11.1 Å². The molecule has 0 aliphatic carbocycles. The lowest BCUT2D eigenvalue weighted by atomic mass is 10.2. The van der Waals surface area contributed by atoms with Gasteiger partial charge in [0.25, 0.3) is 0 Å². The summed E-state index contributed by atoms with van der Waals surface area (Å²) >= 11 is 0. The molecule has 0 fully saturated rings. The van der Waals surface area contributed by atoms with Crippen molar-refractivity contribution in [1.29, 1.82) is 0 Å². The Hall–Kier alpha value is -4.55. The standard InChI is InChI=1S/C15H12N6O7/c22-13-3-1-9(5-11(13)20(25)26)7-16-18-15(24)19-17-8-10-2-4-14(23)12(6-10)21(27)28/h1-8,22-23H,(H2,18,19,24). The minimum Gasteiger partial charge on any atom is -0.502 e. The number of urea groups is 1. The van der Waals surface area contributed by atoms with Gasteiger partial charge < -0.3 is 10.2 Å². The maximum Gasteiger partial charge on any atom is 0.355 e. The molecular formula is C15H12N6O7. The number of amides is 2. The van der Waals surface area contributed by atoms with E-state index >= 15 is 0 Å². The molecule has 13 nitrogen and oxygen atoms in total. The molecule has 2 amide bonds. The molecule has 13 heteroatoms. The Morgan fingerprint density at radius 1 is 0.857 bits per heavy atom. The van der Waals surface area contributed by atoms with E-state index in [0.29, 0.717) is 0 Å². The van der Waals surface area contributed by atoms with Crippen LogP contribution < -0.4 is 10.9 Å². The maximum atomic E-state index is 11.5. The summed E-state index contributed by atoms with van der Waals surface area (Å²) < 4.78 is 0. The van der Waals surface area contributed by atoms with Gasteiger partial charge in [0.1, 0.15) is 0 Å². The normalized spacial score (nSPS) is 10.9. The van der Waals surface area contributed by atoms with Crippen LogP contribution in [-0.2, 0) is 0 Å². The first-order valence-electron chi connectivity index (χ1n) is 7.35. The Bertz CT molecular complexity index is 911. The lowest BCUT2D eigenvalue weighted by Crippen LogP contribution is -2.28. The lowest BCUT2D eigenvalue weighted by molar-refractivity contribution is -0.386. The van der Waals surface area contributed by atoms with E-state index < -0.39 is 38.8 Å². The molecule has 0 atom stereocenters. The fourth-order valence-electron chi connectivity index (χ4n) is 1.89. The maximum absolute atomic E-state index is 11.5. The van der Waals surface area contributed by atoms with Crippen molar-refractivity contribution in [3.8, 4) is 11.5 Å². The number of hydrogen-bond acceptors (Lipinski definition) is 9. The lowest BCUT2D eigenvalue weighted by Gasteiger charge is -2.00. The predicted molar refractivity (Wildman–Crippen MR) is 96.4 cm³/mol. The highest BCUT2D eigenvalue weighted by molar-refractivity contribution is 5.85. The second kappa shape index (κ2) is 8.70. The molecule has 0 spiro atoms. The Labute approximate surface area is 155 Å². The summed E-state index contributed by atoms with van der Waals surface area (Å²) in [6.45, 7) is 0. The summed E-state index contributed by atoms with van der Waals surface area (Å²) in [6.07, 6.45) is 2.22. The molecule has 28 heavy (non-hydrogen) atoms. The van der Waals surface area contributed by atoms with E-state index in [4.69, 9.17) is 0 Å². The molecule has 2 aromatic rings. The molecule has 0 bridgehead atoms. The van der Waals surface area contributed by atoms with Gasteiger partial charge in [-0.1, -0.05) is 0 Å². The van der Waals surface area contributed by atoms with Crippen LogP contribution in [0.4, 0.5) is 16.2 Å². The second-order valence-electron chi connectivity index (χ2n) is 5.08. The van der Waals surface area contributed by atoms with Gasteiger partial charge in [0, 0.05) is 23.3 Å². The molecule has 0 saturated carbocycles. The molecule has 0 heterocycles. The number of nitro benzene ring substituents is 2. The van der Waals surface area contributed by atoms with Crippen molar-refractivity contribution >= 4 is 29.8 Å². The minimum absolute atomic E-state index is 0.254. The van der Waals surface area contributed by atoms with Crippen LogP contribution in [-0.4, -0.2) is 38.5 Å². The van der Waals surface area contributed by atoms with E-state index in [2.05, 4.69) is 10.2 Å². The van der Waals surface area contributed by atoms with Crippen molar-refractivity contribution in [1.82, 2.24) is 10.9 Å². The van der Waals surface area contributed by atoms with E-state index in [-0.39, 0.29) is 11.1 Å². The van der Waals surface area contributed by atoms with Gasteiger partial charge >= 0.3 is 17.4 Å². The van der Waals surface area contributed by atoms with E-state index in [9.17, 15) is 35.2 Å². The van der Waals surface area contributed by atoms with Crippen molar-refractivity contribution in [3.63, 3.8) is 0 Å². The molecular weight excluding hydrogens is 376 g/mol. The quantitative estimate of drug-likeness (QED) is 0.327. The summed E-state index contributed by atoms with van der Waals surface area (Å²) in [4.78, 5) is 31.4. The summed E-state index contributed by atoms with van der Waals surface area (Å²) in [5.41, 5.74) is 3.57. The Kier molecular flexibility index (Phi) is 6.15. The molecule has 0 aliphatic heterocycles. The van der Waals surface area contributed by atoms with Crippen LogP contribution in [0.15, 0.2) is 46.6 Å². The van der Waals surface area contributed by atoms with Gasteiger partial charge in [-0.2, -0.15) is 10.2 Å². The number of nitrogens with one attached hydrogen (secondary N) is 2. The average molecular weight is 388 g/mol. The van der Waals surface area contributed by atoms with Crippen molar-refractivity contribution in [2.45, 2.75) is 0 Å². The third kappa shape index (κ3) is 5.22. The van der Waals surface area contributed by atoms with Crippen molar-refractivity contribution < 1.29 is 24.9 Å². The molecule has 2 rings (SSSR count).